The highest BCUT2D eigenvalue weighted by Gasteiger charge is 2.39. The molecule has 5 heteroatoms. The lowest BCUT2D eigenvalue weighted by Crippen LogP contribution is -2.40. The van der Waals surface area contributed by atoms with E-state index < -0.39 is 0 Å². The molecule has 0 aromatic heterocycles. The molecule has 2 atom stereocenters. The molecule has 130 valence electrons. The Labute approximate surface area is 143 Å². The Kier molecular flexibility index (Phi) is 5.19. The number of aryl methyl sites for hydroxylation is 1. The Hall–Kier alpha value is -1.88. The van der Waals surface area contributed by atoms with Crippen LogP contribution in [0.15, 0.2) is 24.3 Å². The van der Waals surface area contributed by atoms with Crippen LogP contribution in [0.3, 0.4) is 0 Å². The van der Waals surface area contributed by atoms with Gasteiger partial charge in [0.25, 0.3) is 0 Å². The fraction of sp³-hybridized carbons (Fsp3) is 0.579. The molecule has 1 N–H and O–H groups in total. The van der Waals surface area contributed by atoms with Crippen LogP contribution in [0.5, 0.6) is 0 Å². The number of hydrogen-bond donors (Lipinski definition) is 1. The molecule has 0 aliphatic carbocycles. The van der Waals surface area contributed by atoms with E-state index in [1.807, 2.05) is 36.1 Å². The monoisotopic (exact) mass is 330 g/mol. The number of hydrogen-bond acceptors (Lipinski definition) is 3. The first-order chi connectivity index (χ1) is 11.6. The normalized spacial score (nSPS) is 24.0. The van der Waals surface area contributed by atoms with Crippen molar-refractivity contribution in [2.75, 3.05) is 24.6 Å². The van der Waals surface area contributed by atoms with Gasteiger partial charge in [-0.15, -0.1) is 0 Å². The third kappa shape index (κ3) is 3.46. The molecule has 2 aliphatic rings. The van der Waals surface area contributed by atoms with Crippen molar-refractivity contribution in [3.63, 3.8) is 0 Å². The number of rotatable bonds is 5. The van der Waals surface area contributed by atoms with Crippen molar-refractivity contribution < 1.29 is 14.7 Å². The van der Waals surface area contributed by atoms with E-state index in [2.05, 4.69) is 0 Å². The fourth-order valence-electron chi connectivity index (χ4n) is 3.83. The second-order valence-electron chi connectivity index (χ2n) is 6.93. The summed E-state index contributed by atoms with van der Waals surface area (Å²) in [6.07, 6.45) is 3.91. The fourth-order valence-corrected chi connectivity index (χ4v) is 3.83. The molecule has 1 aromatic carbocycles. The molecular weight excluding hydrogens is 304 g/mol. The van der Waals surface area contributed by atoms with Crippen LogP contribution < -0.4 is 4.90 Å². The van der Waals surface area contributed by atoms with Gasteiger partial charge in [0, 0.05) is 37.8 Å². The Morgan fingerprint density at radius 1 is 1.29 bits per heavy atom. The maximum Gasteiger partial charge on any atom is 0.228 e. The molecule has 2 amide bonds. The van der Waals surface area contributed by atoms with Crippen molar-refractivity contribution in [1.29, 1.82) is 0 Å². The first kappa shape index (κ1) is 17.0. The number of likely N-dealkylation sites (tertiary alicyclic amines) is 1. The maximum absolute atomic E-state index is 12.9. The standard InChI is InChI=1S/C19H26N2O3/c1-14-6-8-17(9-7-14)21-13-15(12-18(21)23)19(24)20-10-2-4-16(20)5-3-11-22/h6-9,15-16,22H,2-5,10-13H2,1H3/t15-,16+/m1/s1. The summed E-state index contributed by atoms with van der Waals surface area (Å²) in [4.78, 5) is 28.9. The van der Waals surface area contributed by atoms with Gasteiger partial charge in [-0.25, -0.2) is 0 Å². The number of carbonyl (C=O) groups excluding carboxylic acids is 2. The van der Waals surface area contributed by atoms with Crippen LogP contribution in [0.4, 0.5) is 5.69 Å². The number of aliphatic hydroxyl groups excluding tert-OH is 1. The van der Waals surface area contributed by atoms with E-state index in [9.17, 15) is 9.59 Å². The molecule has 5 nitrogen and oxygen atoms in total. The van der Waals surface area contributed by atoms with Gasteiger partial charge in [0.15, 0.2) is 0 Å². The van der Waals surface area contributed by atoms with Crippen molar-refractivity contribution >= 4 is 17.5 Å². The van der Waals surface area contributed by atoms with Gasteiger partial charge in [0.2, 0.25) is 11.8 Å². The van der Waals surface area contributed by atoms with Crippen molar-refractivity contribution in [3.8, 4) is 0 Å². The van der Waals surface area contributed by atoms with E-state index in [-0.39, 0.29) is 30.4 Å². The van der Waals surface area contributed by atoms with Gasteiger partial charge in [-0.1, -0.05) is 17.7 Å². The number of carbonyl (C=O) groups is 2. The minimum Gasteiger partial charge on any atom is -0.396 e. The van der Waals surface area contributed by atoms with Gasteiger partial charge < -0.3 is 14.9 Å². The van der Waals surface area contributed by atoms with E-state index in [1.54, 1.807) is 4.90 Å². The highest BCUT2D eigenvalue weighted by Crippen LogP contribution is 2.30. The first-order valence-electron chi connectivity index (χ1n) is 8.88. The summed E-state index contributed by atoms with van der Waals surface area (Å²) in [5.41, 5.74) is 2.03. The van der Waals surface area contributed by atoms with E-state index in [1.165, 1.54) is 0 Å². The SMILES string of the molecule is Cc1ccc(N2C[C@H](C(=O)N3CCC[C@H]3CCCO)CC2=O)cc1. The Bertz CT molecular complexity index is 599. The lowest BCUT2D eigenvalue weighted by atomic mass is 10.0. The molecule has 0 saturated carbocycles. The van der Waals surface area contributed by atoms with Gasteiger partial charge >= 0.3 is 0 Å². The summed E-state index contributed by atoms with van der Waals surface area (Å²) in [5, 5.41) is 9.02. The molecule has 2 heterocycles. The zero-order valence-corrected chi connectivity index (χ0v) is 14.3. The van der Waals surface area contributed by atoms with Crippen molar-refractivity contribution in [3.05, 3.63) is 29.8 Å². The van der Waals surface area contributed by atoms with Crippen LogP contribution >= 0.6 is 0 Å². The molecule has 0 unspecified atom stereocenters. The molecule has 2 aliphatic heterocycles. The summed E-state index contributed by atoms with van der Waals surface area (Å²) in [6, 6.07) is 8.10. The van der Waals surface area contributed by atoms with E-state index >= 15 is 0 Å². The minimum absolute atomic E-state index is 0.0308. The molecular formula is C19H26N2O3. The second-order valence-corrected chi connectivity index (χ2v) is 6.93. The molecule has 1 aromatic rings. The number of aliphatic hydroxyl groups is 1. The third-order valence-corrected chi connectivity index (χ3v) is 5.18. The third-order valence-electron chi connectivity index (χ3n) is 5.18. The summed E-state index contributed by atoms with van der Waals surface area (Å²) in [5.74, 6) is -0.102. The maximum atomic E-state index is 12.9. The molecule has 2 saturated heterocycles. The van der Waals surface area contributed by atoms with Crippen LogP contribution in [-0.4, -0.2) is 47.6 Å². The van der Waals surface area contributed by atoms with Crippen LogP contribution in [0.1, 0.15) is 37.7 Å². The Balaban J connectivity index is 1.66. The van der Waals surface area contributed by atoms with E-state index in [4.69, 9.17) is 5.11 Å². The highest BCUT2D eigenvalue weighted by molar-refractivity contribution is 6.00. The van der Waals surface area contributed by atoms with Gasteiger partial charge in [-0.05, 0) is 44.7 Å². The quantitative estimate of drug-likeness (QED) is 0.899. The Morgan fingerprint density at radius 3 is 2.75 bits per heavy atom. The topological polar surface area (TPSA) is 60.9 Å². The molecule has 3 rings (SSSR count). The van der Waals surface area contributed by atoms with Crippen LogP contribution in [0.2, 0.25) is 0 Å². The van der Waals surface area contributed by atoms with Crippen molar-refractivity contribution in [2.24, 2.45) is 5.92 Å². The van der Waals surface area contributed by atoms with Crippen molar-refractivity contribution in [1.82, 2.24) is 4.90 Å². The average Bonchev–Trinajstić information content (AvgIpc) is 3.19. The zero-order chi connectivity index (χ0) is 17.1. The van der Waals surface area contributed by atoms with Crippen LogP contribution in [0, 0.1) is 12.8 Å². The largest absolute Gasteiger partial charge is 0.396 e. The lowest BCUT2D eigenvalue weighted by molar-refractivity contribution is -0.136. The van der Waals surface area contributed by atoms with Gasteiger partial charge in [-0.3, -0.25) is 9.59 Å². The van der Waals surface area contributed by atoms with Gasteiger partial charge in [0.1, 0.15) is 0 Å². The molecule has 2 fully saturated rings. The van der Waals surface area contributed by atoms with Crippen LogP contribution in [0.25, 0.3) is 0 Å². The zero-order valence-electron chi connectivity index (χ0n) is 14.3. The summed E-state index contributed by atoms with van der Waals surface area (Å²) >= 11 is 0. The molecule has 24 heavy (non-hydrogen) atoms. The summed E-state index contributed by atoms with van der Waals surface area (Å²) < 4.78 is 0. The second kappa shape index (κ2) is 7.34. The van der Waals surface area contributed by atoms with Gasteiger partial charge in [0.05, 0.1) is 5.92 Å². The predicted molar refractivity (Wildman–Crippen MR) is 92.7 cm³/mol. The van der Waals surface area contributed by atoms with Crippen molar-refractivity contribution in [2.45, 2.75) is 45.1 Å². The average molecular weight is 330 g/mol. The smallest absolute Gasteiger partial charge is 0.228 e. The van der Waals surface area contributed by atoms with Crippen LogP contribution in [-0.2, 0) is 9.59 Å². The van der Waals surface area contributed by atoms with E-state index in [0.29, 0.717) is 13.0 Å². The van der Waals surface area contributed by atoms with E-state index in [0.717, 1.165) is 43.5 Å². The Morgan fingerprint density at radius 2 is 2.04 bits per heavy atom. The highest BCUT2D eigenvalue weighted by atomic mass is 16.3. The summed E-state index contributed by atoms with van der Waals surface area (Å²) in [6.45, 7) is 3.44. The predicted octanol–water partition coefficient (Wildman–Crippen LogP) is 2.11. The first-order valence-corrected chi connectivity index (χ1v) is 8.88. The molecule has 0 radical (unpaired) electrons. The number of benzene rings is 1. The molecule has 0 bridgehead atoms. The minimum atomic E-state index is -0.242. The van der Waals surface area contributed by atoms with Gasteiger partial charge in [-0.2, -0.15) is 0 Å². The number of amides is 2. The summed E-state index contributed by atoms with van der Waals surface area (Å²) in [7, 11) is 0. The molecule has 0 spiro atoms. The lowest BCUT2D eigenvalue weighted by Gasteiger charge is -2.27. The number of anilines is 1. The number of nitrogens with zero attached hydrogens (tertiary/aromatic N) is 2.